The van der Waals surface area contributed by atoms with Crippen LogP contribution in [0.15, 0.2) is 24.3 Å². The summed E-state index contributed by atoms with van der Waals surface area (Å²) in [4.78, 5) is 10.4. The van der Waals surface area contributed by atoms with E-state index >= 15 is 0 Å². The smallest absolute Gasteiger partial charge is 0.341 e. The van der Waals surface area contributed by atoms with Gasteiger partial charge in [0.1, 0.15) is 11.5 Å². The summed E-state index contributed by atoms with van der Waals surface area (Å²) in [5.74, 6) is -0.0740. The molecule has 0 unspecified atom stereocenters. The van der Waals surface area contributed by atoms with Crippen LogP contribution in [-0.2, 0) is 4.79 Å². The van der Waals surface area contributed by atoms with E-state index in [1.807, 2.05) is 0 Å². The topological polar surface area (TPSA) is 76.0 Å². The molecule has 0 aliphatic carbocycles. The number of hydrogen-bond acceptors (Lipinski definition) is 4. The molecule has 17 heavy (non-hydrogen) atoms. The van der Waals surface area contributed by atoms with Gasteiger partial charge in [-0.3, -0.25) is 0 Å². The first-order valence-electron chi connectivity index (χ1n) is 4.96. The van der Waals surface area contributed by atoms with E-state index in [0.717, 1.165) is 5.56 Å². The fourth-order valence-electron chi connectivity index (χ4n) is 1.23. The average molecular weight is 238 g/mol. The van der Waals surface area contributed by atoms with Crippen molar-refractivity contribution in [2.45, 2.75) is 0 Å². The van der Waals surface area contributed by atoms with Crippen molar-refractivity contribution in [1.82, 2.24) is 0 Å². The lowest BCUT2D eigenvalue weighted by atomic mass is 10.2. The van der Waals surface area contributed by atoms with Gasteiger partial charge in [0.15, 0.2) is 6.61 Å². The number of ether oxygens (including phenoxy) is 2. The van der Waals surface area contributed by atoms with Gasteiger partial charge in [-0.15, -0.1) is 0 Å². The van der Waals surface area contributed by atoms with Gasteiger partial charge in [0.2, 0.25) is 0 Å². The molecule has 1 rings (SSSR count). The Kier molecular flexibility index (Phi) is 5.03. The standard InChI is InChI=1S/C12H14O5/c1-16-10-5-9(3-2-4-13)6-11(7-10)17-8-12(14)15/h2-3,5-7,13H,4,8H2,1H3,(H,14,15)/b3-2+. The number of hydrogen-bond donors (Lipinski definition) is 2. The summed E-state index contributed by atoms with van der Waals surface area (Å²) in [7, 11) is 1.51. The van der Waals surface area contributed by atoms with Crippen LogP contribution in [-0.4, -0.2) is 36.5 Å². The van der Waals surface area contributed by atoms with Crippen molar-refractivity contribution >= 4 is 12.0 Å². The van der Waals surface area contributed by atoms with Crippen LogP contribution in [0.4, 0.5) is 0 Å². The number of aliphatic hydroxyl groups is 1. The first-order valence-corrected chi connectivity index (χ1v) is 4.96. The SMILES string of the molecule is COc1cc(/C=C/CO)cc(OCC(=O)O)c1. The van der Waals surface area contributed by atoms with Crippen molar-refractivity contribution in [3.05, 3.63) is 29.8 Å². The van der Waals surface area contributed by atoms with E-state index in [1.54, 1.807) is 30.4 Å². The molecule has 0 aliphatic rings. The largest absolute Gasteiger partial charge is 0.497 e. The fourth-order valence-corrected chi connectivity index (χ4v) is 1.23. The van der Waals surface area contributed by atoms with Gasteiger partial charge in [0.25, 0.3) is 0 Å². The van der Waals surface area contributed by atoms with Crippen LogP contribution in [0.25, 0.3) is 6.08 Å². The van der Waals surface area contributed by atoms with Crippen LogP contribution in [0.3, 0.4) is 0 Å². The number of benzene rings is 1. The number of carboxylic acids is 1. The molecular weight excluding hydrogens is 224 g/mol. The lowest BCUT2D eigenvalue weighted by molar-refractivity contribution is -0.139. The minimum atomic E-state index is -1.04. The van der Waals surface area contributed by atoms with Gasteiger partial charge >= 0.3 is 5.97 Å². The number of carbonyl (C=O) groups is 1. The molecule has 0 saturated carbocycles. The van der Waals surface area contributed by atoms with Gasteiger partial charge in [-0.1, -0.05) is 12.2 Å². The Balaban J connectivity index is 2.88. The predicted octanol–water partition coefficient (Wildman–Crippen LogP) is 1.16. The molecule has 5 heteroatoms. The zero-order chi connectivity index (χ0) is 12.7. The summed E-state index contributed by atoms with van der Waals surface area (Å²) in [6.07, 6.45) is 3.26. The van der Waals surface area contributed by atoms with Gasteiger partial charge in [-0.25, -0.2) is 4.79 Å². The van der Waals surface area contributed by atoms with Gasteiger partial charge in [-0.2, -0.15) is 0 Å². The molecule has 0 heterocycles. The molecule has 1 aromatic carbocycles. The second-order valence-corrected chi connectivity index (χ2v) is 3.21. The molecule has 2 N–H and O–H groups in total. The van der Waals surface area contributed by atoms with Crippen LogP contribution < -0.4 is 9.47 Å². The number of carboxylic acid groups (broad SMARTS) is 1. The minimum Gasteiger partial charge on any atom is -0.497 e. The maximum Gasteiger partial charge on any atom is 0.341 e. The van der Waals surface area contributed by atoms with Crippen molar-refractivity contribution in [3.63, 3.8) is 0 Å². The zero-order valence-corrected chi connectivity index (χ0v) is 9.42. The Bertz CT molecular complexity index is 411. The summed E-state index contributed by atoms with van der Waals surface area (Å²) in [5, 5.41) is 17.2. The van der Waals surface area contributed by atoms with Crippen molar-refractivity contribution in [2.24, 2.45) is 0 Å². The molecule has 0 fully saturated rings. The Morgan fingerprint density at radius 3 is 2.65 bits per heavy atom. The minimum absolute atomic E-state index is 0.0669. The number of methoxy groups -OCH3 is 1. The first-order chi connectivity index (χ1) is 8.15. The highest BCUT2D eigenvalue weighted by molar-refractivity contribution is 5.68. The molecule has 0 spiro atoms. The quantitative estimate of drug-likeness (QED) is 0.777. The Morgan fingerprint density at radius 1 is 1.35 bits per heavy atom. The van der Waals surface area contributed by atoms with Crippen LogP contribution in [0, 0.1) is 0 Å². The van der Waals surface area contributed by atoms with Crippen molar-refractivity contribution in [3.8, 4) is 11.5 Å². The molecule has 1 aromatic rings. The number of aliphatic carboxylic acids is 1. The van der Waals surface area contributed by atoms with E-state index in [0.29, 0.717) is 11.5 Å². The van der Waals surface area contributed by atoms with Gasteiger partial charge in [0.05, 0.1) is 13.7 Å². The highest BCUT2D eigenvalue weighted by Crippen LogP contribution is 2.23. The Hall–Kier alpha value is -2.01. The van der Waals surface area contributed by atoms with E-state index in [-0.39, 0.29) is 6.61 Å². The molecule has 5 nitrogen and oxygen atoms in total. The second-order valence-electron chi connectivity index (χ2n) is 3.21. The maximum absolute atomic E-state index is 10.4. The Labute approximate surface area is 98.9 Å². The molecule has 0 radical (unpaired) electrons. The first kappa shape index (κ1) is 13.1. The summed E-state index contributed by atoms with van der Waals surface area (Å²) < 4.78 is 10.1. The highest BCUT2D eigenvalue weighted by atomic mass is 16.5. The van der Waals surface area contributed by atoms with Gasteiger partial charge < -0.3 is 19.7 Å². The molecule has 0 atom stereocenters. The van der Waals surface area contributed by atoms with E-state index < -0.39 is 12.6 Å². The summed E-state index contributed by atoms with van der Waals surface area (Å²) in [5.41, 5.74) is 0.763. The van der Waals surface area contributed by atoms with Crippen LogP contribution in [0.2, 0.25) is 0 Å². The van der Waals surface area contributed by atoms with E-state index in [1.165, 1.54) is 7.11 Å². The maximum atomic E-state index is 10.4. The third-order valence-corrected chi connectivity index (χ3v) is 1.92. The van der Waals surface area contributed by atoms with E-state index in [9.17, 15) is 4.79 Å². The number of rotatable bonds is 6. The highest BCUT2D eigenvalue weighted by Gasteiger charge is 2.03. The average Bonchev–Trinajstić information content (AvgIpc) is 2.33. The zero-order valence-electron chi connectivity index (χ0n) is 9.42. The second kappa shape index (κ2) is 6.55. The molecule has 92 valence electrons. The van der Waals surface area contributed by atoms with Crippen LogP contribution >= 0.6 is 0 Å². The van der Waals surface area contributed by atoms with E-state index in [2.05, 4.69) is 0 Å². The van der Waals surface area contributed by atoms with E-state index in [4.69, 9.17) is 19.7 Å². The molecule has 0 aromatic heterocycles. The summed E-state index contributed by atoms with van der Waals surface area (Å²) in [6, 6.07) is 5.01. The van der Waals surface area contributed by atoms with Crippen molar-refractivity contribution < 1.29 is 24.5 Å². The van der Waals surface area contributed by atoms with Crippen LogP contribution in [0.5, 0.6) is 11.5 Å². The summed E-state index contributed by atoms with van der Waals surface area (Å²) >= 11 is 0. The lowest BCUT2D eigenvalue weighted by Crippen LogP contribution is -2.09. The fraction of sp³-hybridized carbons (Fsp3) is 0.250. The monoisotopic (exact) mass is 238 g/mol. The van der Waals surface area contributed by atoms with Crippen LogP contribution in [0.1, 0.15) is 5.56 Å². The molecule has 0 amide bonds. The van der Waals surface area contributed by atoms with Gasteiger partial charge in [-0.05, 0) is 17.7 Å². The van der Waals surface area contributed by atoms with Crippen molar-refractivity contribution in [2.75, 3.05) is 20.3 Å². The molecule has 0 aliphatic heterocycles. The predicted molar refractivity (Wildman–Crippen MR) is 62.2 cm³/mol. The number of aliphatic hydroxyl groups excluding tert-OH is 1. The Morgan fingerprint density at radius 2 is 2.06 bits per heavy atom. The molecule has 0 saturated heterocycles. The van der Waals surface area contributed by atoms with Crippen molar-refractivity contribution in [1.29, 1.82) is 0 Å². The third kappa shape index (κ3) is 4.56. The normalized spacial score (nSPS) is 10.5. The molecule has 0 bridgehead atoms. The summed E-state index contributed by atoms with van der Waals surface area (Å²) in [6.45, 7) is -0.473. The third-order valence-electron chi connectivity index (χ3n) is 1.92. The lowest BCUT2D eigenvalue weighted by Gasteiger charge is -2.07. The molecular formula is C12H14O5. The van der Waals surface area contributed by atoms with Gasteiger partial charge in [0, 0.05) is 6.07 Å².